The summed E-state index contributed by atoms with van der Waals surface area (Å²) in [5.41, 5.74) is 3.08. The summed E-state index contributed by atoms with van der Waals surface area (Å²) in [6, 6.07) is 9.88. The smallest absolute Gasteiger partial charge is 0.338 e. The molecule has 0 saturated heterocycles. The molecule has 1 heterocycles. The summed E-state index contributed by atoms with van der Waals surface area (Å²) < 4.78 is 4.94. The molecule has 0 spiro atoms. The van der Waals surface area contributed by atoms with Crippen molar-refractivity contribution in [1.29, 1.82) is 0 Å². The van der Waals surface area contributed by atoms with E-state index >= 15 is 0 Å². The molecule has 2 aromatic rings. The molecule has 1 aliphatic heterocycles. The highest BCUT2D eigenvalue weighted by molar-refractivity contribution is 6.33. The number of fused-ring (bicyclic) bond motifs is 3. The number of esters is 1. The zero-order valence-corrected chi connectivity index (χ0v) is 15.3. The van der Waals surface area contributed by atoms with Crippen molar-refractivity contribution < 1.29 is 14.5 Å². The number of allylic oxidation sites excluding steroid dienone is 2. The normalized spacial score (nSPS) is 22.5. The Kier molecular flexibility index (Phi) is 4.36. The molecule has 7 heteroatoms. The van der Waals surface area contributed by atoms with Crippen LogP contribution >= 0.6 is 11.6 Å². The molecule has 27 heavy (non-hydrogen) atoms. The fraction of sp³-hybridized carbons (Fsp3) is 0.250. The van der Waals surface area contributed by atoms with Crippen molar-refractivity contribution in [3.8, 4) is 0 Å². The number of non-ortho nitro benzene ring substituents is 1. The molecule has 1 N–H and O–H groups in total. The van der Waals surface area contributed by atoms with E-state index in [-0.39, 0.29) is 23.6 Å². The first kappa shape index (κ1) is 17.5. The van der Waals surface area contributed by atoms with E-state index in [0.29, 0.717) is 10.6 Å². The number of nitrogens with one attached hydrogen (secondary N) is 1. The lowest BCUT2D eigenvalue weighted by Gasteiger charge is -2.38. The van der Waals surface area contributed by atoms with Gasteiger partial charge in [0.2, 0.25) is 0 Å². The number of methoxy groups -OCH3 is 1. The summed E-state index contributed by atoms with van der Waals surface area (Å²) in [7, 11) is 1.36. The molecular weight excluding hydrogens is 368 g/mol. The number of ether oxygens (including phenoxy) is 1. The zero-order chi connectivity index (χ0) is 19.1. The summed E-state index contributed by atoms with van der Waals surface area (Å²) in [5, 5.41) is 14.9. The molecule has 3 atom stereocenters. The van der Waals surface area contributed by atoms with Gasteiger partial charge >= 0.3 is 5.97 Å². The number of carbonyl (C=O) groups excluding carboxylic acids is 1. The van der Waals surface area contributed by atoms with Gasteiger partial charge in [0.05, 0.1) is 34.3 Å². The molecule has 138 valence electrons. The number of halogens is 1. The van der Waals surface area contributed by atoms with Crippen molar-refractivity contribution in [3.05, 3.63) is 80.4 Å². The second-order valence-corrected chi connectivity index (χ2v) is 7.11. The standard InChI is InChI=1S/C20H17ClN2O4/c1-27-20(24)15-9-10-16(21)19-17(15)13-3-2-4-14(13)18(22-19)11-5-7-12(8-6-11)23(25)26/h2-3,5-10,13-14,18,22H,4H2,1H3/t13-,14+,18+/m1/s1. The molecule has 0 aromatic heterocycles. The van der Waals surface area contributed by atoms with Gasteiger partial charge in [0.15, 0.2) is 0 Å². The molecule has 0 radical (unpaired) electrons. The van der Waals surface area contributed by atoms with E-state index in [1.165, 1.54) is 19.2 Å². The maximum absolute atomic E-state index is 12.3. The van der Waals surface area contributed by atoms with E-state index in [2.05, 4.69) is 17.5 Å². The summed E-state index contributed by atoms with van der Waals surface area (Å²) >= 11 is 6.44. The van der Waals surface area contributed by atoms with Crippen molar-refractivity contribution in [3.63, 3.8) is 0 Å². The van der Waals surface area contributed by atoms with Crippen LogP contribution in [-0.4, -0.2) is 18.0 Å². The number of nitro benzene ring substituents is 1. The average Bonchev–Trinajstić information content (AvgIpc) is 3.17. The first-order valence-corrected chi connectivity index (χ1v) is 8.97. The Morgan fingerprint density at radius 1 is 1.26 bits per heavy atom. The second-order valence-electron chi connectivity index (χ2n) is 6.70. The van der Waals surface area contributed by atoms with E-state index in [1.807, 2.05) is 0 Å². The summed E-state index contributed by atoms with van der Waals surface area (Å²) in [6.45, 7) is 0. The number of benzene rings is 2. The van der Waals surface area contributed by atoms with E-state index in [0.717, 1.165) is 23.2 Å². The highest BCUT2D eigenvalue weighted by Gasteiger charge is 2.41. The number of hydrogen-bond donors (Lipinski definition) is 1. The minimum atomic E-state index is -0.410. The van der Waals surface area contributed by atoms with Crippen molar-refractivity contribution in [2.75, 3.05) is 12.4 Å². The summed E-state index contributed by atoms with van der Waals surface area (Å²) in [6.07, 6.45) is 5.05. The molecule has 4 rings (SSSR count). The van der Waals surface area contributed by atoms with Crippen molar-refractivity contribution in [2.24, 2.45) is 5.92 Å². The highest BCUT2D eigenvalue weighted by Crippen LogP contribution is 2.52. The average molecular weight is 385 g/mol. The van der Waals surface area contributed by atoms with Gasteiger partial charge in [-0.15, -0.1) is 0 Å². The minimum absolute atomic E-state index is 0.0224. The molecule has 1 aliphatic carbocycles. The predicted molar refractivity (Wildman–Crippen MR) is 102 cm³/mol. The van der Waals surface area contributed by atoms with Gasteiger partial charge in [0.1, 0.15) is 0 Å². The minimum Gasteiger partial charge on any atom is -0.465 e. The maximum Gasteiger partial charge on any atom is 0.338 e. The van der Waals surface area contributed by atoms with Crippen LogP contribution in [0.5, 0.6) is 0 Å². The fourth-order valence-electron chi connectivity index (χ4n) is 4.10. The van der Waals surface area contributed by atoms with Crippen molar-refractivity contribution in [1.82, 2.24) is 0 Å². The molecule has 2 aliphatic rings. The van der Waals surface area contributed by atoms with Gasteiger partial charge in [0.25, 0.3) is 5.69 Å². The lowest BCUT2D eigenvalue weighted by Crippen LogP contribution is -2.30. The Bertz CT molecular complexity index is 955. The monoisotopic (exact) mass is 384 g/mol. The summed E-state index contributed by atoms with van der Waals surface area (Å²) in [5.74, 6) is -0.187. The lowest BCUT2D eigenvalue weighted by atomic mass is 9.75. The number of nitro groups is 1. The quantitative estimate of drug-likeness (QED) is 0.353. The predicted octanol–water partition coefficient (Wildman–Crippen LogP) is 4.86. The maximum atomic E-state index is 12.3. The van der Waals surface area contributed by atoms with E-state index in [1.54, 1.807) is 24.3 Å². The van der Waals surface area contributed by atoms with Crippen LogP contribution in [0.2, 0.25) is 5.02 Å². The molecule has 0 amide bonds. The van der Waals surface area contributed by atoms with Gasteiger partial charge in [-0.2, -0.15) is 0 Å². The van der Waals surface area contributed by atoms with E-state index < -0.39 is 10.9 Å². The highest BCUT2D eigenvalue weighted by atomic mass is 35.5. The van der Waals surface area contributed by atoms with Gasteiger partial charge in [-0.3, -0.25) is 10.1 Å². The zero-order valence-electron chi connectivity index (χ0n) is 14.5. The molecule has 0 bridgehead atoms. The van der Waals surface area contributed by atoms with Crippen LogP contribution < -0.4 is 5.32 Å². The van der Waals surface area contributed by atoms with Crippen LogP contribution in [0.3, 0.4) is 0 Å². The third-order valence-corrected chi connectivity index (χ3v) is 5.65. The largest absolute Gasteiger partial charge is 0.465 e. The van der Waals surface area contributed by atoms with Crippen molar-refractivity contribution >= 4 is 28.9 Å². The molecule has 0 unspecified atom stereocenters. The summed E-state index contributed by atoms with van der Waals surface area (Å²) in [4.78, 5) is 22.8. The second kappa shape index (κ2) is 6.70. The number of nitrogens with zero attached hydrogens (tertiary/aromatic N) is 1. The lowest BCUT2D eigenvalue weighted by molar-refractivity contribution is -0.384. The Balaban J connectivity index is 1.80. The van der Waals surface area contributed by atoms with Crippen LogP contribution in [0.1, 0.15) is 39.9 Å². The van der Waals surface area contributed by atoms with Gasteiger partial charge in [-0.25, -0.2) is 4.79 Å². The first-order chi connectivity index (χ1) is 13.0. The van der Waals surface area contributed by atoms with Gasteiger partial charge in [-0.1, -0.05) is 35.9 Å². The first-order valence-electron chi connectivity index (χ1n) is 8.59. The van der Waals surface area contributed by atoms with Gasteiger partial charge < -0.3 is 10.1 Å². The topological polar surface area (TPSA) is 81.5 Å². The SMILES string of the molecule is COC(=O)c1ccc(Cl)c2c1[C@@H]1C=CC[C@@H]1[C@H](c1ccc([N+](=O)[O-])cc1)N2. The van der Waals surface area contributed by atoms with Crippen LogP contribution in [0.4, 0.5) is 11.4 Å². The Labute approximate surface area is 160 Å². The molecule has 0 saturated carbocycles. The number of anilines is 1. The fourth-order valence-corrected chi connectivity index (χ4v) is 4.31. The molecular formula is C20H17ClN2O4. The number of rotatable bonds is 3. The third kappa shape index (κ3) is 2.86. The van der Waals surface area contributed by atoms with E-state index in [9.17, 15) is 14.9 Å². The molecule has 6 nitrogen and oxygen atoms in total. The Hall–Kier alpha value is -2.86. The van der Waals surface area contributed by atoms with Crippen LogP contribution in [0, 0.1) is 16.0 Å². The number of carbonyl (C=O) groups is 1. The third-order valence-electron chi connectivity index (χ3n) is 5.34. The number of hydrogen-bond acceptors (Lipinski definition) is 5. The van der Waals surface area contributed by atoms with Gasteiger partial charge in [0, 0.05) is 18.1 Å². The Morgan fingerprint density at radius 3 is 2.67 bits per heavy atom. The molecule has 2 aromatic carbocycles. The van der Waals surface area contributed by atoms with Crippen molar-refractivity contribution in [2.45, 2.75) is 18.4 Å². The van der Waals surface area contributed by atoms with Gasteiger partial charge in [-0.05, 0) is 35.6 Å². The van der Waals surface area contributed by atoms with Crippen LogP contribution in [0.15, 0.2) is 48.6 Å². The van der Waals surface area contributed by atoms with Crippen LogP contribution in [-0.2, 0) is 4.74 Å². The van der Waals surface area contributed by atoms with E-state index in [4.69, 9.17) is 16.3 Å². The van der Waals surface area contributed by atoms with Crippen LogP contribution in [0.25, 0.3) is 0 Å². The Morgan fingerprint density at radius 2 is 2.00 bits per heavy atom. The molecule has 0 fully saturated rings.